The SMILES string of the molecule is COc1ccc(CCNC(=O)c2cc(-c3ccccn3)nc3c(C)c(Cl)ccc23)cc1OC. The van der Waals surface area contributed by atoms with E-state index in [4.69, 9.17) is 26.1 Å². The molecule has 0 bridgehead atoms. The molecule has 0 spiro atoms. The first-order valence-corrected chi connectivity index (χ1v) is 10.9. The van der Waals surface area contributed by atoms with Crippen LogP contribution in [0.2, 0.25) is 5.02 Å². The Hall–Kier alpha value is -3.64. The minimum Gasteiger partial charge on any atom is -0.493 e. The van der Waals surface area contributed by atoms with E-state index in [-0.39, 0.29) is 5.91 Å². The molecular weight excluding hydrogens is 438 g/mol. The van der Waals surface area contributed by atoms with Crippen molar-refractivity contribution in [3.63, 3.8) is 0 Å². The number of methoxy groups -OCH3 is 2. The fraction of sp³-hybridized carbons (Fsp3) is 0.192. The van der Waals surface area contributed by atoms with Gasteiger partial charge in [-0.05, 0) is 60.9 Å². The van der Waals surface area contributed by atoms with E-state index in [1.54, 1.807) is 32.5 Å². The van der Waals surface area contributed by atoms with Crippen molar-refractivity contribution in [3.8, 4) is 22.9 Å². The zero-order valence-corrected chi connectivity index (χ0v) is 19.4. The van der Waals surface area contributed by atoms with Crippen LogP contribution in [0.1, 0.15) is 21.5 Å². The molecular formula is C26H24ClN3O3. The number of hydrogen-bond donors (Lipinski definition) is 1. The van der Waals surface area contributed by atoms with E-state index in [1.165, 1.54) is 0 Å². The lowest BCUT2D eigenvalue weighted by molar-refractivity contribution is 0.0955. The van der Waals surface area contributed by atoms with Gasteiger partial charge in [0.1, 0.15) is 0 Å². The van der Waals surface area contributed by atoms with Crippen molar-refractivity contribution < 1.29 is 14.3 Å². The first kappa shape index (κ1) is 22.6. The van der Waals surface area contributed by atoms with Crippen LogP contribution in [0.3, 0.4) is 0 Å². The number of aryl methyl sites for hydroxylation is 1. The number of rotatable bonds is 7. The molecule has 1 amide bonds. The summed E-state index contributed by atoms with van der Waals surface area (Å²) in [5.41, 5.74) is 4.40. The second-order valence-electron chi connectivity index (χ2n) is 7.53. The third-order valence-corrected chi connectivity index (χ3v) is 5.90. The highest BCUT2D eigenvalue weighted by Crippen LogP contribution is 2.30. The fourth-order valence-electron chi connectivity index (χ4n) is 3.69. The highest BCUT2D eigenvalue weighted by Gasteiger charge is 2.17. The average molecular weight is 462 g/mol. The molecule has 4 rings (SSSR count). The Morgan fingerprint density at radius 1 is 1.00 bits per heavy atom. The number of pyridine rings is 2. The summed E-state index contributed by atoms with van der Waals surface area (Å²) >= 11 is 6.34. The molecule has 33 heavy (non-hydrogen) atoms. The summed E-state index contributed by atoms with van der Waals surface area (Å²) in [6.45, 7) is 2.36. The Morgan fingerprint density at radius 2 is 1.82 bits per heavy atom. The predicted molar refractivity (Wildman–Crippen MR) is 130 cm³/mol. The van der Waals surface area contributed by atoms with Crippen LogP contribution in [-0.2, 0) is 6.42 Å². The lowest BCUT2D eigenvalue weighted by atomic mass is 10.0. The molecule has 2 heterocycles. The predicted octanol–water partition coefficient (Wildman–Crippen LogP) is 5.25. The van der Waals surface area contributed by atoms with Crippen LogP contribution in [0.25, 0.3) is 22.3 Å². The summed E-state index contributed by atoms with van der Waals surface area (Å²) < 4.78 is 10.6. The van der Waals surface area contributed by atoms with Gasteiger partial charge in [0.15, 0.2) is 11.5 Å². The third-order valence-electron chi connectivity index (χ3n) is 5.49. The van der Waals surface area contributed by atoms with Crippen LogP contribution >= 0.6 is 11.6 Å². The normalized spacial score (nSPS) is 10.8. The van der Waals surface area contributed by atoms with Crippen molar-refractivity contribution in [1.82, 2.24) is 15.3 Å². The zero-order valence-electron chi connectivity index (χ0n) is 18.7. The van der Waals surface area contributed by atoms with E-state index < -0.39 is 0 Å². The van der Waals surface area contributed by atoms with E-state index in [0.29, 0.717) is 52.0 Å². The molecule has 6 nitrogen and oxygen atoms in total. The Balaban J connectivity index is 1.62. The van der Waals surface area contributed by atoms with Gasteiger partial charge in [-0.25, -0.2) is 4.98 Å². The Bertz CT molecular complexity index is 1310. The summed E-state index contributed by atoms with van der Waals surface area (Å²) in [6.07, 6.45) is 2.35. The molecule has 0 saturated carbocycles. The van der Waals surface area contributed by atoms with Gasteiger partial charge >= 0.3 is 0 Å². The van der Waals surface area contributed by atoms with Crippen LogP contribution in [0.4, 0.5) is 0 Å². The van der Waals surface area contributed by atoms with E-state index in [2.05, 4.69) is 10.3 Å². The van der Waals surface area contributed by atoms with Crippen molar-refractivity contribution in [3.05, 3.63) is 82.5 Å². The second kappa shape index (κ2) is 9.88. The molecule has 0 saturated heterocycles. The van der Waals surface area contributed by atoms with Gasteiger partial charge in [0.2, 0.25) is 0 Å². The quantitative estimate of drug-likeness (QED) is 0.407. The summed E-state index contributed by atoms with van der Waals surface area (Å²) in [6, 6.07) is 16.7. The van der Waals surface area contributed by atoms with Crippen molar-refractivity contribution >= 4 is 28.4 Å². The summed E-state index contributed by atoms with van der Waals surface area (Å²) in [7, 11) is 3.20. The third kappa shape index (κ3) is 4.76. The van der Waals surface area contributed by atoms with Gasteiger partial charge in [-0.1, -0.05) is 29.8 Å². The average Bonchev–Trinajstić information content (AvgIpc) is 2.86. The summed E-state index contributed by atoms with van der Waals surface area (Å²) in [5, 5.41) is 4.38. The molecule has 168 valence electrons. The molecule has 7 heteroatoms. The molecule has 4 aromatic rings. The lowest BCUT2D eigenvalue weighted by Gasteiger charge is -2.13. The minimum atomic E-state index is -0.179. The maximum Gasteiger partial charge on any atom is 0.252 e. The maximum absolute atomic E-state index is 13.2. The van der Waals surface area contributed by atoms with Crippen LogP contribution in [0.15, 0.2) is 60.8 Å². The van der Waals surface area contributed by atoms with Gasteiger partial charge in [-0.15, -0.1) is 0 Å². The first-order chi connectivity index (χ1) is 16.0. The number of halogens is 1. The van der Waals surface area contributed by atoms with Crippen molar-refractivity contribution in [2.45, 2.75) is 13.3 Å². The number of ether oxygens (including phenoxy) is 2. The summed E-state index contributed by atoms with van der Waals surface area (Å²) in [5.74, 6) is 1.15. The molecule has 0 unspecified atom stereocenters. The molecule has 0 aliphatic heterocycles. The molecule has 0 fully saturated rings. The van der Waals surface area contributed by atoms with E-state index >= 15 is 0 Å². The van der Waals surface area contributed by atoms with Gasteiger partial charge in [-0.3, -0.25) is 9.78 Å². The van der Waals surface area contributed by atoms with E-state index in [0.717, 1.165) is 16.5 Å². The molecule has 0 aliphatic carbocycles. The van der Waals surface area contributed by atoms with Crippen molar-refractivity contribution in [2.24, 2.45) is 0 Å². The van der Waals surface area contributed by atoms with Crippen LogP contribution in [-0.4, -0.2) is 36.6 Å². The number of carbonyl (C=O) groups is 1. The van der Waals surface area contributed by atoms with Gasteiger partial charge < -0.3 is 14.8 Å². The largest absolute Gasteiger partial charge is 0.493 e. The molecule has 2 aromatic heterocycles. The second-order valence-corrected chi connectivity index (χ2v) is 7.94. The number of nitrogens with zero attached hydrogens (tertiary/aromatic N) is 2. The number of aromatic nitrogens is 2. The number of fused-ring (bicyclic) bond motifs is 1. The molecule has 0 atom stereocenters. The van der Waals surface area contributed by atoms with Crippen molar-refractivity contribution in [2.75, 3.05) is 20.8 Å². The first-order valence-electron chi connectivity index (χ1n) is 10.5. The van der Waals surface area contributed by atoms with Gasteiger partial charge in [0, 0.05) is 23.2 Å². The molecule has 1 N–H and O–H groups in total. The maximum atomic E-state index is 13.2. The number of amides is 1. The number of nitrogens with one attached hydrogen (secondary N) is 1. The molecule has 0 radical (unpaired) electrons. The van der Waals surface area contributed by atoms with E-state index in [1.807, 2.05) is 49.4 Å². The lowest BCUT2D eigenvalue weighted by Crippen LogP contribution is -2.26. The van der Waals surface area contributed by atoms with Gasteiger partial charge in [0.05, 0.1) is 36.7 Å². The van der Waals surface area contributed by atoms with Gasteiger partial charge in [-0.2, -0.15) is 0 Å². The van der Waals surface area contributed by atoms with E-state index in [9.17, 15) is 4.79 Å². The zero-order chi connectivity index (χ0) is 23.4. The van der Waals surface area contributed by atoms with Crippen LogP contribution < -0.4 is 14.8 Å². The highest BCUT2D eigenvalue weighted by molar-refractivity contribution is 6.32. The number of benzene rings is 2. The molecule has 2 aromatic carbocycles. The summed E-state index contributed by atoms with van der Waals surface area (Å²) in [4.78, 5) is 22.4. The topological polar surface area (TPSA) is 73.3 Å². The monoisotopic (exact) mass is 461 g/mol. The Labute approximate surface area is 197 Å². The van der Waals surface area contributed by atoms with Crippen molar-refractivity contribution in [1.29, 1.82) is 0 Å². The number of hydrogen-bond acceptors (Lipinski definition) is 5. The van der Waals surface area contributed by atoms with Crippen LogP contribution in [0.5, 0.6) is 11.5 Å². The Morgan fingerprint density at radius 3 is 2.55 bits per heavy atom. The Kier molecular flexibility index (Phi) is 6.75. The minimum absolute atomic E-state index is 0.179. The van der Waals surface area contributed by atoms with Gasteiger partial charge in [0.25, 0.3) is 5.91 Å². The smallest absolute Gasteiger partial charge is 0.252 e. The number of carbonyl (C=O) groups excluding carboxylic acids is 1. The standard InChI is InChI=1S/C26H24ClN3O3/c1-16-20(27)9-8-18-19(15-22(30-25(16)18)21-6-4-5-12-28-21)26(31)29-13-11-17-7-10-23(32-2)24(14-17)33-3/h4-10,12,14-15H,11,13H2,1-3H3,(H,29,31). The fourth-order valence-corrected chi connectivity index (χ4v) is 3.84. The highest BCUT2D eigenvalue weighted by atomic mass is 35.5. The van der Waals surface area contributed by atoms with Crippen LogP contribution in [0, 0.1) is 6.92 Å². The molecule has 0 aliphatic rings.